The Kier molecular flexibility index (Phi) is 6.88. The number of aromatic nitrogens is 3. The van der Waals surface area contributed by atoms with Crippen LogP contribution in [0.25, 0.3) is 5.69 Å². The number of rotatable bonds is 7. The minimum absolute atomic E-state index is 0.0603. The highest BCUT2D eigenvalue weighted by Crippen LogP contribution is 2.35. The second-order valence-electron chi connectivity index (χ2n) is 6.33. The van der Waals surface area contributed by atoms with Crippen LogP contribution in [0.5, 0.6) is 0 Å². The van der Waals surface area contributed by atoms with E-state index in [-0.39, 0.29) is 29.4 Å². The summed E-state index contributed by atoms with van der Waals surface area (Å²) in [6.07, 6.45) is -2.44. The smallest absolute Gasteiger partial charge is 0.321 e. The van der Waals surface area contributed by atoms with Crippen LogP contribution in [0.3, 0.4) is 0 Å². The number of nitrogens with one attached hydrogen (secondary N) is 1. The predicted molar refractivity (Wildman–Crippen MR) is 102 cm³/mol. The summed E-state index contributed by atoms with van der Waals surface area (Å²) in [5, 5.41) is 6.12. The van der Waals surface area contributed by atoms with E-state index in [1.54, 1.807) is 13.8 Å². The lowest BCUT2D eigenvalue weighted by Gasteiger charge is -2.28. The number of carbonyl (C=O) groups is 1. The van der Waals surface area contributed by atoms with Crippen LogP contribution in [0.1, 0.15) is 26.3 Å². The molecular weight excluding hydrogens is 411 g/mol. The fourth-order valence-corrected chi connectivity index (χ4v) is 3.95. The fourth-order valence-electron chi connectivity index (χ4n) is 2.80. The van der Waals surface area contributed by atoms with Crippen LogP contribution in [0, 0.1) is 0 Å². The van der Waals surface area contributed by atoms with Gasteiger partial charge in [-0.15, -0.1) is 0 Å². The van der Waals surface area contributed by atoms with E-state index in [4.69, 9.17) is 0 Å². The fraction of sp³-hybridized carbons (Fsp3) is 0.471. The number of hydrogen-bond acceptors (Lipinski definition) is 5. The molecule has 12 heteroatoms. The number of urea groups is 1. The molecule has 2 amide bonds. The normalized spacial score (nSPS) is 13.2. The zero-order valence-electron chi connectivity index (χ0n) is 16.1. The summed E-state index contributed by atoms with van der Waals surface area (Å²) in [5.74, 6) is -0.293. The van der Waals surface area contributed by atoms with E-state index in [0.717, 1.165) is 23.4 Å². The highest BCUT2D eigenvalue weighted by molar-refractivity contribution is 7.91. The molecule has 1 heterocycles. The molecule has 2 rings (SSSR count). The van der Waals surface area contributed by atoms with Crippen molar-refractivity contribution in [3.05, 3.63) is 36.4 Å². The molecule has 0 radical (unpaired) electrons. The second-order valence-corrected chi connectivity index (χ2v) is 8.73. The average molecular weight is 433 g/mol. The molecule has 0 saturated carbocycles. The first-order valence-corrected chi connectivity index (χ1v) is 10.6. The minimum Gasteiger partial charge on any atom is -0.321 e. The number of benzene rings is 1. The van der Waals surface area contributed by atoms with Crippen molar-refractivity contribution in [3.8, 4) is 5.69 Å². The standard InChI is InChI=1S/C17H22F3N5O3S/c1-4-24(12(3)9-29(27,28)5-2)16(26)23-13-6-7-15(25-11-21-10-22-25)14(8-13)17(18,19)20/h6-8,10-12H,4-5,9H2,1-3H3,(H,23,26). The van der Waals surface area contributed by atoms with Gasteiger partial charge in [0.25, 0.3) is 0 Å². The average Bonchev–Trinajstić information content (AvgIpc) is 3.15. The lowest BCUT2D eigenvalue weighted by atomic mass is 10.1. The first-order valence-electron chi connectivity index (χ1n) is 8.82. The molecule has 0 spiro atoms. The number of amides is 2. The summed E-state index contributed by atoms with van der Waals surface area (Å²) in [6, 6.07) is 1.96. The first kappa shape index (κ1) is 22.7. The molecule has 2 aromatic rings. The monoisotopic (exact) mass is 433 g/mol. The van der Waals surface area contributed by atoms with Gasteiger partial charge in [0.1, 0.15) is 12.7 Å². The van der Waals surface area contributed by atoms with Crippen molar-refractivity contribution in [1.29, 1.82) is 0 Å². The SMILES string of the molecule is CCN(C(=O)Nc1ccc(-n2cncn2)c(C(F)(F)F)c1)C(C)CS(=O)(=O)CC. The van der Waals surface area contributed by atoms with Crippen LogP contribution >= 0.6 is 0 Å². The predicted octanol–water partition coefficient (Wildman–Crippen LogP) is 2.96. The number of nitrogens with zero attached hydrogens (tertiary/aromatic N) is 4. The van der Waals surface area contributed by atoms with E-state index in [1.807, 2.05) is 0 Å². The maximum absolute atomic E-state index is 13.5. The molecule has 0 fully saturated rings. The maximum atomic E-state index is 13.5. The van der Waals surface area contributed by atoms with Crippen LogP contribution in [0.15, 0.2) is 30.9 Å². The van der Waals surface area contributed by atoms with E-state index in [2.05, 4.69) is 15.4 Å². The maximum Gasteiger partial charge on any atom is 0.418 e. The topological polar surface area (TPSA) is 97.2 Å². The van der Waals surface area contributed by atoms with Crippen LogP contribution < -0.4 is 5.32 Å². The van der Waals surface area contributed by atoms with Gasteiger partial charge in [-0.3, -0.25) is 0 Å². The van der Waals surface area contributed by atoms with E-state index >= 15 is 0 Å². The zero-order valence-corrected chi connectivity index (χ0v) is 17.0. The highest BCUT2D eigenvalue weighted by atomic mass is 32.2. The molecule has 0 saturated heterocycles. The molecule has 1 aromatic carbocycles. The van der Waals surface area contributed by atoms with Gasteiger partial charge in [-0.2, -0.15) is 18.3 Å². The van der Waals surface area contributed by atoms with Crippen molar-refractivity contribution in [1.82, 2.24) is 19.7 Å². The Morgan fingerprint density at radius 2 is 2.00 bits per heavy atom. The van der Waals surface area contributed by atoms with Crippen LogP contribution in [0.4, 0.5) is 23.7 Å². The summed E-state index contributed by atoms with van der Waals surface area (Å²) in [5.41, 5.74) is -1.30. The Balaban J connectivity index is 2.27. The third kappa shape index (κ3) is 5.68. The molecule has 0 aliphatic rings. The molecule has 1 aromatic heterocycles. The van der Waals surface area contributed by atoms with Gasteiger partial charge in [0.2, 0.25) is 0 Å². The van der Waals surface area contributed by atoms with Gasteiger partial charge in [0.15, 0.2) is 9.84 Å². The molecular formula is C17H22F3N5O3S. The first-order chi connectivity index (χ1) is 13.5. The number of sulfone groups is 1. The van der Waals surface area contributed by atoms with Crippen molar-refractivity contribution in [2.75, 3.05) is 23.4 Å². The van der Waals surface area contributed by atoms with E-state index in [9.17, 15) is 26.4 Å². The Hall–Kier alpha value is -2.63. The third-order valence-corrected chi connectivity index (χ3v) is 6.16. The van der Waals surface area contributed by atoms with Crippen molar-refractivity contribution in [3.63, 3.8) is 0 Å². The van der Waals surface area contributed by atoms with Gasteiger partial charge in [0.05, 0.1) is 17.0 Å². The Labute approximate surface area is 166 Å². The highest BCUT2D eigenvalue weighted by Gasteiger charge is 2.35. The second kappa shape index (κ2) is 8.80. The molecule has 0 aliphatic carbocycles. The third-order valence-electron chi connectivity index (χ3n) is 4.29. The van der Waals surface area contributed by atoms with Gasteiger partial charge in [0, 0.05) is 24.0 Å². The summed E-state index contributed by atoms with van der Waals surface area (Å²) in [6.45, 7) is 4.93. The van der Waals surface area contributed by atoms with Crippen molar-refractivity contribution in [2.24, 2.45) is 0 Å². The van der Waals surface area contributed by atoms with Crippen LogP contribution in [-0.4, -0.2) is 58.2 Å². The van der Waals surface area contributed by atoms with Crippen molar-refractivity contribution in [2.45, 2.75) is 33.0 Å². The lowest BCUT2D eigenvalue weighted by molar-refractivity contribution is -0.137. The summed E-state index contributed by atoms with van der Waals surface area (Å²) in [7, 11) is -3.32. The van der Waals surface area contributed by atoms with Gasteiger partial charge >= 0.3 is 12.2 Å². The van der Waals surface area contributed by atoms with Gasteiger partial charge in [-0.1, -0.05) is 6.92 Å². The molecule has 0 bridgehead atoms. The summed E-state index contributed by atoms with van der Waals surface area (Å²) < 4.78 is 65.1. The van der Waals surface area contributed by atoms with Gasteiger partial charge in [-0.05, 0) is 32.0 Å². The summed E-state index contributed by atoms with van der Waals surface area (Å²) in [4.78, 5) is 17.4. The van der Waals surface area contributed by atoms with Gasteiger partial charge in [-0.25, -0.2) is 22.9 Å². The molecule has 8 nitrogen and oxygen atoms in total. The largest absolute Gasteiger partial charge is 0.418 e. The van der Waals surface area contributed by atoms with E-state index in [0.29, 0.717) is 0 Å². The number of anilines is 1. The summed E-state index contributed by atoms with van der Waals surface area (Å²) >= 11 is 0. The number of hydrogen-bond donors (Lipinski definition) is 1. The van der Waals surface area contributed by atoms with E-state index < -0.39 is 33.6 Å². The van der Waals surface area contributed by atoms with Crippen LogP contribution in [-0.2, 0) is 16.0 Å². The Bertz CT molecular complexity index is 946. The number of carbonyl (C=O) groups excluding carboxylic acids is 1. The number of halogens is 3. The molecule has 0 aliphatic heterocycles. The molecule has 1 unspecified atom stereocenters. The molecule has 160 valence electrons. The Morgan fingerprint density at radius 3 is 2.52 bits per heavy atom. The Morgan fingerprint density at radius 1 is 1.31 bits per heavy atom. The molecule has 29 heavy (non-hydrogen) atoms. The zero-order chi connectivity index (χ0) is 21.8. The minimum atomic E-state index is -4.69. The lowest BCUT2D eigenvalue weighted by Crippen LogP contribution is -2.44. The molecule has 1 atom stereocenters. The van der Waals surface area contributed by atoms with Crippen molar-refractivity contribution >= 4 is 21.6 Å². The van der Waals surface area contributed by atoms with Crippen molar-refractivity contribution < 1.29 is 26.4 Å². The number of alkyl halides is 3. The quantitative estimate of drug-likeness (QED) is 0.724. The van der Waals surface area contributed by atoms with E-state index in [1.165, 1.54) is 24.0 Å². The molecule has 1 N–H and O–H groups in total. The van der Waals surface area contributed by atoms with Crippen LogP contribution in [0.2, 0.25) is 0 Å². The van der Waals surface area contributed by atoms with Gasteiger partial charge < -0.3 is 10.2 Å².